The summed E-state index contributed by atoms with van der Waals surface area (Å²) in [4.78, 5) is 6.85. The van der Waals surface area contributed by atoms with Crippen molar-refractivity contribution < 1.29 is 9.47 Å². The molecule has 1 saturated carbocycles. The summed E-state index contributed by atoms with van der Waals surface area (Å²) in [5, 5.41) is 3.38. The van der Waals surface area contributed by atoms with Crippen LogP contribution in [0, 0.1) is 0 Å². The van der Waals surface area contributed by atoms with Crippen molar-refractivity contribution >= 4 is 0 Å². The number of aromatic nitrogens is 1. The molecule has 0 spiro atoms. The molecule has 0 radical (unpaired) electrons. The van der Waals surface area contributed by atoms with Crippen LogP contribution in [0.25, 0.3) is 0 Å². The number of pyridine rings is 1. The van der Waals surface area contributed by atoms with Crippen LogP contribution >= 0.6 is 0 Å². The standard InChI is InChI=1S/C16H27N3O2/c1-17-12-5-7-13(8-6-12)19(2)11-14-16(21-4)15(20-3)9-10-18-14/h9-10,12-13,17H,5-8,11H2,1-4H3. The van der Waals surface area contributed by atoms with Gasteiger partial charge in [-0.05, 0) is 39.8 Å². The highest BCUT2D eigenvalue weighted by atomic mass is 16.5. The predicted molar refractivity (Wildman–Crippen MR) is 83.9 cm³/mol. The third-order valence-electron chi connectivity index (χ3n) is 4.49. The van der Waals surface area contributed by atoms with Crippen molar-refractivity contribution in [2.45, 2.75) is 44.3 Å². The van der Waals surface area contributed by atoms with E-state index in [1.165, 1.54) is 25.7 Å². The highest BCUT2D eigenvalue weighted by Crippen LogP contribution is 2.31. The lowest BCUT2D eigenvalue weighted by Crippen LogP contribution is -2.39. The molecule has 0 unspecified atom stereocenters. The van der Waals surface area contributed by atoms with E-state index >= 15 is 0 Å². The number of rotatable bonds is 6. The fourth-order valence-corrected chi connectivity index (χ4v) is 3.13. The van der Waals surface area contributed by atoms with Crippen molar-refractivity contribution in [3.05, 3.63) is 18.0 Å². The zero-order chi connectivity index (χ0) is 15.2. The monoisotopic (exact) mass is 293 g/mol. The lowest BCUT2D eigenvalue weighted by Gasteiger charge is -2.34. The number of nitrogens with one attached hydrogen (secondary N) is 1. The Bertz CT molecular complexity index is 445. The summed E-state index contributed by atoms with van der Waals surface area (Å²) in [6.45, 7) is 0.787. The first-order valence-electron chi connectivity index (χ1n) is 7.63. The van der Waals surface area contributed by atoms with Crippen molar-refractivity contribution in [1.29, 1.82) is 0 Å². The molecular formula is C16H27N3O2. The largest absolute Gasteiger partial charge is 0.493 e. The topological polar surface area (TPSA) is 46.6 Å². The summed E-state index contributed by atoms with van der Waals surface area (Å²) < 4.78 is 10.8. The molecule has 1 heterocycles. The summed E-state index contributed by atoms with van der Waals surface area (Å²) in [7, 11) is 7.55. The Labute approximate surface area is 127 Å². The van der Waals surface area contributed by atoms with Gasteiger partial charge in [0, 0.05) is 30.9 Å². The fourth-order valence-electron chi connectivity index (χ4n) is 3.13. The SMILES string of the molecule is CNC1CCC(N(C)Cc2nccc(OC)c2OC)CC1. The van der Waals surface area contributed by atoms with Gasteiger partial charge < -0.3 is 14.8 Å². The van der Waals surface area contributed by atoms with E-state index in [-0.39, 0.29) is 0 Å². The van der Waals surface area contributed by atoms with Crippen LogP contribution in [0.5, 0.6) is 11.5 Å². The lowest BCUT2D eigenvalue weighted by molar-refractivity contribution is 0.166. The van der Waals surface area contributed by atoms with Crippen LogP contribution in [0.1, 0.15) is 31.4 Å². The minimum atomic E-state index is 0.618. The van der Waals surface area contributed by atoms with E-state index in [0.717, 1.165) is 23.7 Å². The zero-order valence-corrected chi connectivity index (χ0v) is 13.6. The molecule has 1 fully saturated rings. The van der Waals surface area contributed by atoms with E-state index < -0.39 is 0 Å². The molecule has 0 aliphatic heterocycles. The van der Waals surface area contributed by atoms with Crippen molar-refractivity contribution in [2.24, 2.45) is 0 Å². The van der Waals surface area contributed by atoms with E-state index in [1.807, 2.05) is 6.07 Å². The van der Waals surface area contributed by atoms with Crippen molar-refractivity contribution in [3.63, 3.8) is 0 Å². The van der Waals surface area contributed by atoms with Crippen LogP contribution in [0.2, 0.25) is 0 Å². The lowest BCUT2D eigenvalue weighted by atomic mass is 9.90. The third kappa shape index (κ3) is 3.86. The van der Waals surface area contributed by atoms with Crippen LogP contribution in [-0.2, 0) is 6.54 Å². The van der Waals surface area contributed by atoms with Gasteiger partial charge in [0.05, 0.1) is 14.2 Å². The molecule has 1 aromatic heterocycles. The van der Waals surface area contributed by atoms with Gasteiger partial charge in [0.1, 0.15) is 5.69 Å². The van der Waals surface area contributed by atoms with Gasteiger partial charge >= 0.3 is 0 Å². The van der Waals surface area contributed by atoms with Gasteiger partial charge in [0.25, 0.3) is 0 Å². The maximum atomic E-state index is 5.47. The molecule has 2 rings (SSSR count). The Morgan fingerprint density at radius 1 is 1.24 bits per heavy atom. The van der Waals surface area contributed by atoms with Gasteiger partial charge in [-0.15, -0.1) is 0 Å². The van der Waals surface area contributed by atoms with Gasteiger partial charge in [-0.1, -0.05) is 0 Å². The van der Waals surface area contributed by atoms with Crippen LogP contribution in [0.15, 0.2) is 12.3 Å². The molecule has 0 atom stereocenters. The van der Waals surface area contributed by atoms with Crippen LogP contribution < -0.4 is 14.8 Å². The molecule has 0 amide bonds. The van der Waals surface area contributed by atoms with Crippen molar-refractivity contribution in [1.82, 2.24) is 15.2 Å². The van der Waals surface area contributed by atoms with Gasteiger partial charge in [0.2, 0.25) is 0 Å². The quantitative estimate of drug-likeness (QED) is 0.870. The molecule has 1 N–H and O–H groups in total. The van der Waals surface area contributed by atoms with Crippen LogP contribution in [0.3, 0.4) is 0 Å². The second-order valence-electron chi connectivity index (χ2n) is 5.70. The molecule has 1 aromatic rings. The Balaban J connectivity index is 2.01. The Morgan fingerprint density at radius 3 is 2.52 bits per heavy atom. The number of methoxy groups -OCH3 is 2. The van der Waals surface area contributed by atoms with Gasteiger partial charge in [-0.25, -0.2) is 0 Å². The second-order valence-corrected chi connectivity index (χ2v) is 5.70. The molecule has 0 bridgehead atoms. The van der Waals surface area contributed by atoms with Crippen molar-refractivity contribution in [2.75, 3.05) is 28.3 Å². The van der Waals surface area contributed by atoms with E-state index in [9.17, 15) is 0 Å². The minimum Gasteiger partial charge on any atom is -0.493 e. The number of ether oxygens (including phenoxy) is 2. The summed E-state index contributed by atoms with van der Waals surface area (Å²) in [6.07, 6.45) is 6.73. The molecule has 21 heavy (non-hydrogen) atoms. The molecular weight excluding hydrogens is 266 g/mol. The first-order chi connectivity index (χ1) is 10.2. The summed E-state index contributed by atoms with van der Waals surface area (Å²) >= 11 is 0. The van der Waals surface area contributed by atoms with Gasteiger partial charge in [0.15, 0.2) is 11.5 Å². The Hall–Kier alpha value is -1.33. The highest BCUT2D eigenvalue weighted by molar-refractivity contribution is 5.42. The molecule has 1 aliphatic rings. The van der Waals surface area contributed by atoms with Crippen molar-refractivity contribution in [3.8, 4) is 11.5 Å². The second kappa shape index (κ2) is 7.61. The average molecular weight is 293 g/mol. The number of hydrogen-bond acceptors (Lipinski definition) is 5. The van der Waals surface area contributed by atoms with Crippen LogP contribution in [0.4, 0.5) is 0 Å². The third-order valence-corrected chi connectivity index (χ3v) is 4.49. The van der Waals surface area contributed by atoms with E-state index in [0.29, 0.717) is 12.1 Å². The maximum Gasteiger partial charge on any atom is 0.183 e. The van der Waals surface area contributed by atoms with E-state index in [4.69, 9.17) is 9.47 Å². The molecule has 118 valence electrons. The summed E-state index contributed by atoms with van der Waals surface area (Å²) in [5.41, 5.74) is 0.940. The minimum absolute atomic E-state index is 0.618. The molecule has 5 heteroatoms. The smallest absolute Gasteiger partial charge is 0.183 e. The first kappa shape index (κ1) is 16.0. The molecule has 5 nitrogen and oxygen atoms in total. The first-order valence-corrected chi connectivity index (χ1v) is 7.63. The van der Waals surface area contributed by atoms with Gasteiger partial charge in [-0.3, -0.25) is 9.88 Å². The maximum absolute atomic E-state index is 5.47. The van der Waals surface area contributed by atoms with E-state index in [2.05, 4.69) is 29.3 Å². The molecule has 0 saturated heterocycles. The number of hydrogen-bond donors (Lipinski definition) is 1. The average Bonchev–Trinajstić information content (AvgIpc) is 2.54. The molecule has 0 aromatic carbocycles. The Morgan fingerprint density at radius 2 is 1.95 bits per heavy atom. The Kier molecular flexibility index (Phi) is 5.82. The summed E-state index contributed by atoms with van der Waals surface area (Å²) in [5.74, 6) is 1.49. The fraction of sp³-hybridized carbons (Fsp3) is 0.688. The normalized spacial score (nSPS) is 22.3. The predicted octanol–water partition coefficient (Wildman–Crippen LogP) is 2.06. The van der Waals surface area contributed by atoms with Crippen LogP contribution in [-0.4, -0.2) is 50.3 Å². The molecule has 1 aliphatic carbocycles. The zero-order valence-electron chi connectivity index (χ0n) is 13.6. The van der Waals surface area contributed by atoms with Gasteiger partial charge in [-0.2, -0.15) is 0 Å². The summed E-state index contributed by atoms with van der Waals surface area (Å²) in [6, 6.07) is 3.13. The highest BCUT2D eigenvalue weighted by Gasteiger charge is 2.24. The van der Waals surface area contributed by atoms with E-state index in [1.54, 1.807) is 20.4 Å². The number of nitrogens with zero attached hydrogens (tertiary/aromatic N) is 2.